The van der Waals surface area contributed by atoms with Crippen molar-refractivity contribution < 1.29 is 0 Å². The van der Waals surface area contributed by atoms with E-state index >= 15 is 0 Å². The topological polar surface area (TPSA) is 39.1 Å². The van der Waals surface area contributed by atoms with Crippen molar-refractivity contribution in [2.75, 3.05) is 19.6 Å². The van der Waals surface area contributed by atoms with Gasteiger partial charge in [-0.2, -0.15) is 5.26 Å². The first-order valence-electron chi connectivity index (χ1n) is 6.26. The van der Waals surface area contributed by atoms with E-state index in [2.05, 4.69) is 40.6 Å². The van der Waals surface area contributed by atoms with Crippen LogP contribution in [0, 0.1) is 11.3 Å². The Bertz CT molecular complexity index is 363. The molecule has 1 unspecified atom stereocenters. The number of benzene rings is 1. The molecule has 1 aliphatic heterocycles. The molecule has 1 aliphatic rings. The second-order valence-corrected chi connectivity index (χ2v) is 4.51. The van der Waals surface area contributed by atoms with Crippen molar-refractivity contribution in [3.05, 3.63) is 35.9 Å². The molecule has 1 atom stereocenters. The quantitative estimate of drug-likeness (QED) is 0.836. The molecular formula is C14H19N3. The summed E-state index contributed by atoms with van der Waals surface area (Å²) in [6.45, 7) is 3.98. The first-order valence-corrected chi connectivity index (χ1v) is 6.26. The van der Waals surface area contributed by atoms with Crippen LogP contribution < -0.4 is 5.32 Å². The highest BCUT2D eigenvalue weighted by molar-refractivity contribution is 5.14. The standard InChI is InChI=1S/C14H19N3/c15-8-4-10-17(14-7-9-16-11-14)12-13-5-2-1-3-6-13/h1-3,5-6,14,16H,4,7,9-12H2. The molecule has 3 nitrogen and oxygen atoms in total. The van der Waals surface area contributed by atoms with Gasteiger partial charge in [0.15, 0.2) is 0 Å². The van der Waals surface area contributed by atoms with E-state index in [1.807, 2.05) is 6.07 Å². The van der Waals surface area contributed by atoms with Gasteiger partial charge in [0.1, 0.15) is 0 Å². The fourth-order valence-electron chi connectivity index (χ4n) is 2.35. The molecule has 0 aliphatic carbocycles. The highest BCUT2D eigenvalue weighted by atomic mass is 15.2. The second-order valence-electron chi connectivity index (χ2n) is 4.51. The van der Waals surface area contributed by atoms with Gasteiger partial charge < -0.3 is 5.32 Å². The number of nitriles is 1. The van der Waals surface area contributed by atoms with Crippen molar-refractivity contribution in [2.24, 2.45) is 0 Å². The molecule has 1 heterocycles. The van der Waals surface area contributed by atoms with E-state index in [0.717, 1.165) is 26.2 Å². The van der Waals surface area contributed by atoms with Gasteiger partial charge in [0.2, 0.25) is 0 Å². The summed E-state index contributed by atoms with van der Waals surface area (Å²) in [6.07, 6.45) is 1.81. The molecule has 3 heteroatoms. The van der Waals surface area contributed by atoms with E-state index in [-0.39, 0.29) is 0 Å². The van der Waals surface area contributed by atoms with Crippen LogP contribution in [-0.4, -0.2) is 30.6 Å². The van der Waals surface area contributed by atoms with Crippen LogP contribution in [0.1, 0.15) is 18.4 Å². The van der Waals surface area contributed by atoms with Crippen molar-refractivity contribution >= 4 is 0 Å². The molecule has 2 rings (SSSR count). The molecule has 90 valence electrons. The number of rotatable bonds is 5. The molecule has 0 radical (unpaired) electrons. The largest absolute Gasteiger partial charge is 0.315 e. The number of hydrogen-bond donors (Lipinski definition) is 1. The van der Waals surface area contributed by atoms with Crippen molar-refractivity contribution in [3.8, 4) is 6.07 Å². The van der Waals surface area contributed by atoms with Crippen LogP contribution in [0.15, 0.2) is 30.3 Å². The molecule has 1 aromatic carbocycles. The van der Waals surface area contributed by atoms with Crippen molar-refractivity contribution in [1.82, 2.24) is 10.2 Å². The Morgan fingerprint density at radius 3 is 2.82 bits per heavy atom. The van der Waals surface area contributed by atoms with Crippen LogP contribution in [0.5, 0.6) is 0 Å². The molecular weight excluding hydrogens is 210 g/mol. The number of nitrogens with one attached hydrogen (secondary N) is 1. The van der Waals surface area contributed by atoms with Crippen LogP contribution >= 0.6 is 0 Å². The zero-order valence-corrected chi connectivity index (χ0v) is 10.1. The fourth-order valence-corrected chi connectivity index (χ4v) is 2.35. The van der Waals surface area contributed by atoms with Crippen LogP contribution in [0.25, 0.3) is 0 Å². The van der Waals surface area contributed by atoms with Crippen LogP contribution in [0.2, 0.25) is 0 Å². The predicted octanol–water partition coefficient (Wildman–Crippen LogP) is 1.76. The second kappa shape index (κ2) is 6.39. The Hall–Kier alpha value is -1.37. The van der Waals surface area contributed by atoms with Gasteiger partial charge in [-0.1, -0.05) is 30.3 Å². The van der Waals surface area contributed by atoms with Gasteiger partial charge in [0.25, 0.3) is 0 Å². The molecule has 0 aromatic heterocycles. The minimum atomic E-state index is 0.587. The maximum absolute atomic E-state index is 8.73. The van der Waals surface area contributed by atoms with Crippen LogP contribution in [0.3, 0.4) is 0 Å². The average molecular weight is 229 g/mol. The highest BCUT2D eigenvalue weighted by Crippen LogP contribution is 2.13. The van der Waals surface area contributed by atoms with E-state index < -0.39 is 0 Å². The fraction of sp³-hybridized carbons (Fsp3) is 0.500. The third-order valence-electron chi connectivity index (χ3n) is 3.29. The molecule has 1 saturated heterocycles. The first-order chi connectivity index (χ1) is 8.40. The summed E-state index contributed by atoms with van der Waals surface area (Å²) in [7, 11) is 0. The summed E-state index contributed by atoms with van der Waals surface area (Å²) in [5.41, 5.74) is 1.33. The molecule has 1 N–H and O–H groups in total. The van der Waals surface area contributed by atoms with E-state index in [4.69, 9.17) is 5.26 Å². The Balaban J connectivity index is 1.97. The summed E-state index contributed by atoms with van der Waals surface area (Å²) in [5.74, 6) is 0. The van der Waals surface area contributed by atoms with Crippen LogP contribution in [-0.2, 0) is 6.54 Å². The summed E-state index contributed by atoms with van der Waals surface area (Å²) in [5, 5.41) is 12.1. The summed E-state index contributed by atoms with van der Waals surface area (Å²) < 4.78 is 0. The van der Waals surface area contributed by atoms with Crippen LogP contribution in [0.4, 0.5) is 0 Å². The Morgan fingerprint density at radius 2 is 2.18 bits per heavy atom. The smallest absolute Gasteiger partial charge is 0.0635 e. The lowest BCUT2D eigenvalue weighted by Gasteiger charge is -2.27. The van der Waals surface area contributed by atoms with Gasteiger partial charge in [0.05, 0.1) is 6.07 Å². The molecule has 0 amide bonds. The van der Waals surface area contributed by atoms with Crippen molar-refractivity contribution in [1.29, 1.82) is 5.26 Å². The lowest BCUT2D eigenvalue weighted by Crippen LogP contribution is -2.37. The van der Waals surface area contributed by atoms with Gasteiger partial charge >= 0.3 is 0 Å². The maximum Gasteiger partial charge on any atom is 0.0635 e. The van der Waals surface area contributed by atoms with Gasteiger partial charge in [-0.15, -0.1) is 0 Å². The molecule has 1 fully saturated rings. The predicted molar refractivity (Wildman–Crippen MR) is 68.4 cm³/mol. The normalized spacial score (nSPS) is 19.4. The van der Waals surface area contributed by atoms with Crippen molar-refractivity contribution in [3.63, 3.8) is 0 Å². The Kier molecular flexibility index (Phi) is 4.54. The van der Waals surface area contributed by atoms with Gasteiger partial charge in [-0.3, -0.25) is 4.90 Å². The molecule has 1 aromatic rings. The number of nitrogens with zero attached hydrogens (tertiary/aromatic N) is 2. The zero-order chi connectivity index (χ0) is 11.9. The Morgan fingerprint density at radius 1 is 1.35 bits per heavy atom. The molecule has 0 saturated carbocycles. The SMILES string of the molecule is N#CCCN(Cc1ccccc1)C1CCNC1. The lowest BCUT2D eigenvalue weighted by atomic mass is 10.1. The van der Waals surface area contributed by atoms with E-state index in [9.17, 15) is 0 Å². The molecule has 0 spiro atoms. The van der Waals surface area contributed by atoms with E-state index in [1.54, 1.807) is 0 Å². The monoisotopic (exact) mass is 229 g/mol. The zero-order valence-electron chi connectivity index (χ0n) is 10.1. The first kappa shape index (κ1) is 12.1. The molecule has 17 heavy (non-hydrogen) atoms. The average Bonchev–Trinajstić information content (AvgIpc) is 2.89. The third-order valence-corrected chi connectivity index (χ3v) is 3.29. The van der Waals surface area contributed by atoms with Gasteiger partial charge in [-0.25, -0.2) is 0 Å². The molecule has 0 bridgehead atoms. The maximum atomic E-state index is 8.73. The summed E-state index contributed by atoms with van der Waals surface area (Å²) in [6, 6.07) is 13.3. The minimum absolute atomic E-state index is 0.587. The third kappa shape index (κ3) is 3.55. The minimum Gasteiger partial charge on any atom is -0.315 e. The summed E-state index contributed by atoms with van der Waals surface area (Å²) >= 11 is 0. The van der Waals surface area contributed by atoms with Crippen molar-refractivity contribution in [2.45, 2.75) is 25.4 Å². The van der Waals surface area contributed by atoms with Gasteiger partial charge in [-0.05, 0) is 18.5 Å². The highest BCUT2D eigenvalue weighted by Gasteiger charge is 2.21. The summed E-state index contributed by atoms with van der Waals surface area (Å²) in [4.78, 5) is 2.43. The van der Waals surface area contributed by atoms with E-state index in [1.165, 1.54) is 12.0 Å². The lowest BCUT2D eigenvalue weighted by molar-refractivity contribution is 0.204. The number of hydrogen-bond acceptors (Lipinski definition) is 3. The Labute approximate surface area is 103 Å². The van der Waals surface area contributed by atoms with E-state index in [0.29, 0.717) is 12.5 Å². The van der Waals surface area contributed by atoms with Gasteiger partial charge in [0, 0.05) is 32.1 Å².